The van der Waals surface area contributed by atoms with Crippen LogP contribution in [-0.4, -0.2) is 9.97 Å². The van der Waals surface area contributed by atoms with E-state index in [-0.39, 0.29) is 0 Å². The van der Waals surface area contributed by atoms with Gasteiger partial charge in [-0.3, -0.25) is 0 Å². The van der Waals surface area contributed by atoms with Crippen LogP contribution in [0.2, 0.25) is 0 Å². The molecule has 0 aliphatic rings. The van der Waals surface area contributed by atoms with Crippen LogP contribution in [0.3, 0.4) is 0 Å². The SMILES string of the molecule is C=C/C=C\c1ccncn1. The van der Waals surface area contributed by atoms with Gasteiger partial charge in [-0.05, 0) is 12.1 Å². The molecular weight excluding hydrogens is 124 g/mol. The Kier molecular flexibility index (Phi) is 2.38. The number of rotatable bonds is 2. The molecule has 0 atom stereocenters. The molecule has 0 radical (unpaired) electrons. The van der Waals surface area contributed by atoms with Crippen LogP contribution in [0.15, 0.2) is 37.3 Å². The molecule has 2 nitrogen and oxygen atoms in total. The molecule has 1 aromatic rings. The van der Waals surface area contributed by atoms with E-state index in [2.05, 4.69) is 16.5 Å². The summed E-state index contributed by atoms with van der Waals surface area (Å²) in [4.78, 5) is 7.75. The van der Waals surface area contributed by atoms with E-state index in [0.29, 0.717) is 0 Å². The zero-order valence-corrected chi connectivity index (χ0v) is 5.57. The van der Waals surface area contributed by atoms with Gasteiger partial charge in [0.1, 0.15) is 6.33 Å². The second-order valence-corrected chi connectivity index (χ2v) is 1.73. The van der Waals surface area contributed by atoms with Crippen molar-refractivity contribution in [1.29, 1.82) is 0 Å². The molecule has 0 fully saturated rings. The zero-order valence-electron chi connectivity index (χ0n) is 5.57. The number of nitrogens with zero attached hydrogens (tertiary/aromatic N) is 2. The van der Waals surface area contributed by atoms with E-state index in [1.165, 1.54) is 6.33 Å². The average Bonchev–Trinajstić information content (AvgIpc) is 2.03. The van der Waals surface area contributed by atoms with Gasteiger partial charge in [-0.25, -0.2) is 9.97 Å². The molecule has 1 heterocycles. The van der Waals surface area contributed by atoms with E-state index >= 15 is 0 Å². The van der Waals surface area contributed by atoms with Crippen molar-refractivity contribution in [2.45, 2.75) is 0 Å². The largest absolute Gasteiger partial charge is 0.245 e. The third-order valence-electron chi connectivity index (χ3n) is 1.01. The Labute approximate surface area is 60.0 Å². The van der Waals surface area contributed by atoms with Crippen LogP contribution in [0.25, 0.3) is 6.08 Å². The predicted octanol–water partition coefficient (Wildman–Crippen LogP) is 1.68. The Morgan fingerprint density at radius 2 is 2.40 bits per heavy atom. The maximum atomic E-state index is 3.97. The minimum Gasteiger partial charge on any atom is -0.245 e. The van der Waals surface area contributed by atoms with Crippen molar-refractivity contribution in [3.8, 4) is 0 Å². The normalized spacial score (nSPS) is 10.0. The molecule has 0 aromatic carbocycles. The lowest BCUT2D eigenvalue weighted by atomic mass is 10.3. The van der Waals surface area contributed by atoms with Gasteiger partial charge in [-0.15, -0.1) is 0 Å². The Hall–Kier alpha value is -1.44. The van der Waals surface area contributed by atoms with Crippen molar-refractivity contribution in [2.24, 2.45) is 0 Å². The van der Waals surface area contributed by atoms with Crippen molar-refractivity contribution in [3.05, 3.63) is 43.0 Å². The molecule has 0 saturated heterocycles. The van der Waals surface area contributed by atoms with Crippen LogP contribution < -0.4 is 0 Å². The Morgan fingerprint density at radius 1 is 1.50 bits per heavy atom. The summed E-state index contributed by atoms with van der Waals surface area (Å²) in [6.07, 6.45) is 8.64. The molecule has 0 spiro atoms. The van der Waals surface area contributed by atoms with Gasteiger partial charge in [-0.2, -0.15) is 0 Å². The third kappa shape index (κ3) is 1.82. The molecule has 0 amide bonds. The lowest BCUT2D eigenvalue weighted by Crippen LogP contribution is -1.78. The number of aromatic nitrogens is 2. The summed E-state index contributed by atoms with van der Waals surface area (Å²) in [6, 6.07) is 1.83. The van der Waals surface area contributed by atoms with E-state index in [9.17, 15) is 0 Å². The first-order chi connectivity index (χ1) is 4.93. The van der Waals surface area contributed by atoms with Crippen LogP contribution in [0.4, 0.5) is 0 Å². The van der Waals surface area contributed by atoms with Gasteiger partial charge in [0.25, 0.3) is 0 Å². The highest BCUT2D eigenvalue weighted by molar-refractivity contribution is 5.45. The van der Waals surface area contributed by atoms with Gasteiger partial charge in [0.15, 0.2) is 0 Å². The molecule has 0 unspecified atom stereocenters. The first-order valence-corrected chi connectivity index (χ1v) is 2.98. The molecule has 10 heavy (non-hydrogen) atoms. The van der Waals surface area contributed by atoms with E-state index in [1.807, 2.05) is 18.2 Å². The van der Waals surface area contributed by atoms with Gasteiger partial charge in [0.2, 0.25) is 0 Å². The van der Waals surface area contributed by atoms with E-state index in [1.54, 1.807) is 12.3 Å². The van der Waals surface area contributed by atoms with Gasteiger partial charge >= 0.3 is 0 Å². The summed E-state index contributed by atoms with van der Waals surface area (Å²) in [5.74, 6) is 0. The summed E-state index contributed by atoms with van der Waals surface area (Å²) in [5.41, 5.74) is 0.898. The highest BCUT2D eigenvalue weighted by Crippen LogP contribution is 1.93. The minimum absolute atomic E-state index is 0.898. The molecular formula is C8H8N2. The molecule has 0 bridgehead atoms. The van der Waals surface area contributed by atoms with Crippen molar-refractivity contribution in [2.75, 3.05) is 0 Å². The van der Waals surface area contributed by atoms with Crippen LogP contribution in [0.5, 0.6) is 0 Å². The Bertz CT molecular complexity index is 226. The fraction of sp³-hybridized carbons (Fsp3) is 0. The Morgan fingerprint density at radius 3 is 3.00 bits per heavy atom. The predicted molar refractivity (Wildman–Crippen MR) is 41.3 cm³/mol. The second-order valence-electron chi connectivity index (χ2n) is 1.73. The summed E-state index contributed by atoms with van der Waals surface area (Å²) >= 11 is 0. The summed E-state index contributed by atoms with van der Waals surface area (Å²) < 4.78 is 0. The van der Waals surface area contributed by atoms with Crippen LogP contribution in [-0.2, 0) is 0 Å². The average molecular weight is 132 g/mol. The quantitative estimate of drug-likeness (QED) is 0.572. The topological polar surface area (TPSA) is 25.8 Å². The van der Waals surface area contributed by atoms with Gasteiger partial charge in [-0.1, -0.05) is 18.7 Å². The van der Waals surface area contributed by atoms with E-state index < -0.39 is 0 Å². The third-order valence-corrected chi connectivity index (χ3v) is 1.01. The molecule has 0 aliphatic carbocycles. The molecule has 1 aromatic heterocycles. The molecule has 0 aliphatic heterocycles. The lowest BCUT2D eigenvalue weighted by Gasteiger charge is -1.85. The minimum atomic E-state index is 0.898. The zero-order chi connectivity index (χ0) is 7.23. The summed E-state index contributed by atoms with van der Waals surface area (Å²) in [7, 11) is 0. The van der Waals surface area contributed by atoms with Crippen LogP contribution in [0, 0.1) is 0 Å². The van der Waals surface area contributed by atoms with Crippen molar-refractivity contribution < 1.29 is 0 Å². The monoisotopic (exact) mass is 132 g/mol. The number of hydrogen-bond donors (Lipinski definition) is 0. The highest BCUT2D eigenvalue weighted by atomic mass is 14.8. The molecule has 50 valence electrons. The highest BCUT2D eigenvalue weighted by Gasteiger charge is 1.80. The van der Waals surface area contributed by atoms with E-state index in [0.717, 1.165) is 5.69 Å². The maximum absolute atomic E-state index is 3.97. The van der Waals surface area contributed by atoms with Crippen molar-refractivity contribution >= 4 is 6.08 Å². The standard InChI is InChI=1S/C8H8N2/c1-2-3-4-8-5-6-9-7-10-8/h2-7H,1H2/b4-3-. The Balaban J connectivity index is 2.76. The van der Waals surface area contributed by atoms with Crippen LogP contribution in [0.1, 0.15) is 5.69 Å². The smallest absolute Gasteiger partial charge is 0.115 e. The van der Waals surface area contributed by atoms with Crippen molar-refractivity contribution in [1.82, 2.24) is 9.97 Å². The molecule has 0 saturated carbocycles. The van der Waals surface area contributed by atoms with Crippen molar-refractivity contribution in [3.63, 3.8) is 0 Å². The van der Waals surface area contributed by atoms with Crippen LogP contribution >= 0.6 is 0 Å². The second kappa shape index (κ2) is 3.56. The molecule has 2 heteroatoms. The first-order valence-electron chi connectivity index (χ1n) is 2.98. The van der Waals surface area contributed by atoms with Gasteiger partial charge in [0.05, 0.1) is 5.69 Å². The lowest BCUT2D eigenvalue weighted by molar-refractivity contribution is 1.15. The number of allylic oxidation sites excluding steroid dienone is 2. The summed E-state index contributed by atoms with van der Waals surface area (Å²) in [6.45, 7) is 3.55. The number of hydrogen-bond acceptors (Lipinski definition) is 2. The first kappa shape index (κ1) is 6.68. The maximum Gasteiger partial charge on any atom is 0.115 e. The van der Waals surface area contributed by atoms with Gasteiger partial charge < -0.3 is 0 Å². The molecule has 1 rings (SSSR count). The fourth-order valence-electron chi connectivity index (χ4n) is 0.566. The van der Waals surface area contributed by atoms with E-state index in [4.69, 9.17) is 0 Å². The summed E-state index contributed by atoms with van der Waals surface area (Å²) in [5, 5.41) is 0. The fourth-order valence-corrected chi connectivity index (χ4v) is 0.566. The van der Waals surface area contributed by atoms with Gasteiger partial charge in [0, 0.05) is 6.20 Å². The molecule has 0 N–H and O–H groups in total.